The van der Waals surface area contributed by atoms with Gasteiger partial charge >= 0.3 is 0 Å². The van der Waals surface area contributed by atoms with E-state index in [0.717, 1.165) is 21.4 Å². The van der Waals surface area contributed by atoms with Crippen molar-refractivity contribution in [2.45, 2.75) is 6.04 Å². The van der Waals surface area contributed by atoms with Crippen LogP contribution < -0.4 is 5.32 Å². The van der Waals surface area contributed by atoms with Crippen LogP contribution >= 0.6 is 0 Å². The van der Waals surface area contributed by atoms with Gasteiger partial charge in [-0.05, 0) is 37.9 Å². The largest absolute Gasteiger partial charge is 0.353 e. The number of hydrogen-bond donors (Lipinski definition) is 1. The number of fused-ring (bicyclic) bond motifs is 2. The highest BCUT2D eigenvalue weighted by Crippen LogP contribution is 2.28. The third kappa shape index (κ3) is 3.37. The van der Waals surface area contributed by atoms with Crippen molar-refractivity contribution in [1.82, 2.24) is 19.7 Å². The maximum atomic E-state index is 12.6. The van der Waals surface area contributed by atoms with Crippen LogP contribution in [0, 0.1) is 0 Å². The topological polar surface area (TPSA) is 74.7 Å². The van der Waals surface area contributed by atoms with Crippen molar-refractivity contribution in [3.8, 4) is 0 Å². The highest BCUT2D eigenvalue weighted by Gasteiger charge is 2.36. The summed E-state index contributed by atoms with van der Waals surface area (Å²) in [4.78, 5) is 40.6. The SMILES string of the molecule is CN(C)C(CNC(=O)CN1C(=O)c2ccccc2C1=O)c1cn(C)c2ccccc12. The molecule has 3 aromatic rings. The van der Waals surface area contributed by atoms with Crippen molar-refractivity contribution in [3.05, 3.63) is 71.4 Å². The fourth-order valence-electron chi connectivity index (χ4n) is 4.00. The Bertz CT molecular complexity index is 1110. The lowest BCUT2D eigenvalue weighted by Gasteiger charge is -2.25. The van der Waals surface area contributed by atoms with Crippen molar-refractivity contribution in [1.29, 1.82) is 0 Å². The molecule has 7 nitrogen and oxygen atoms in total. The average molecular weight is 404 g/mol. The Morgan fingerprint density at radius 1 is 1.00 bits per heavy atom. The average Bonchev–Trinajstić information content (AvgIpc) is 3.18. The number of rotatable bonds is 6. The summed E-state index contributed by atoms with van der Waals surface area (Å²) in [5.74, 6) is -1.22. The lowest BCUT2D eigenvalue weighted by atomic mass is 10.0. The fourth-order valence-corrected chi connectivity index (χ4v) is 4.00. The van der Waals surface area contributed by atoms with Crippen molar-refractivity contribution >= 4 is 28.6 Å². The number of para-hydroxylation sites is 1. The standard InChI is InChI=1S/C23H24N4O3/c1-25(2)20(18-13-26(3)19-11-7-6-8-15(18)19)12-24-21(28)14-27-22(29)16-9-4-5-10-17(16)23(27)30/h4-11,13,20H,12,14H2,1-3H3,(H,24,28). The molecule has 0 radical (unpaired) electrons. The molecule has 0 bridgehead atoms. The van der Waals surface area contributed by atoms with Crippen molar-refractivity contribution in [2.75, 3.05) is 27.2 Å². The summed E-state index contributed by atoms with van der Waals surface area (Å²) < 4.78 is 2.07. The van der Waals surface area contributed by atoms with Crippen molar-refractivity contribution in [2.24, 2.45) is 7.05 Å². The monoisotopic (exact) mass is 404 g/mol. The second-order valence-corrected chi connectivity index (χ2v) is 7.74. The summed E-state index contributed by atoms with van der Waals surface area (Å²) in [5, 5.41) is 4.03. The van der Waals surface area contributed by atoms with E-state index in [4.69, 9.17) is 0 Å². The van der Waals surface area contributed by atoms with Gasteiger partial charge in [0.25, 0.3) is 11.8 Å². The first kappa shape index (κ1) is 19.8. The van der Waals surface area contributed by atoms with Gasteiger partial charge in [0.1, 0.15) is 6.54 Å². The Hall–Kier alpha value is -3.45. The maximum Gasteiger partial charge on any atom is 0.262 e. The first-order valence-corrected chi connectivity index (χ1v) is 9.80. The highest BCUT2D eigenvalue weighted by atomic mass is 16.2. The smallest absolute Gasteiger partial charge is 0.262 e. The van der Waals surface area contributed by atoms with Gasteiger partial charge in [-0.3, -0.25) is 19.3 Å². The molecule has 7 heteroatoms. The van der Waals surface area contributed by atoms with Crippen molar-refractivity contribution < 1.29 is 14.4 Å². The van der Waals surface area contributed by atoms with E-state index < -0.39 is 11.8 Å². The number of hydrogen-bond acceptors (Lipinski definition) is 4. The zero-order chi connectivity index (χ0) is 21.4. The lowest BCUT2D eigenvalue weighted by Crippen LogP contribution is -2.42. The van der Waals surface area contributed by atoms with Gasteiger partial charge in [-0.25, -0.2) is 0 Å². The van der Waals surface area contributed by atoms with E-state index in [1.165, 1.54) is 0 Å². The molecular weight excluding hydrogens is 380 g/mol. The van der Waals surface area contributed by atoms with Crippen LogP contribution in [-0.4, -0.2) is 59.3 Å². The Balaban J connectivity index is 1.47. The minimum Gasteiger partial charge on any atom is -0.353 e. The number of nitrogens with zero attached hydrogens (tertiary/aromatic N) is 3. The van der Waals surface area contributed by atoms with E-state index in [0.29, 0.717) is 17.7 Å². The summed E-state index contributed by atoms with van der Waals surface area (Å²) in [7, 11) is 5.92. The number of carbonyl (C=O) groups excluding carboxylic acids is 3. The molecule has 0 saturated heterocycles. The molecule has 1 atom stereocenters. The quantitative estimate of drug-likeness (QED) is 0.639. The number of likely N-dealkylation sites (N-methyl/N-ethyl adjacent to an activating group) is 1. The molecule has 2 aromatic carbocycles. The molecule has 1 aliphatic rings. The van der Waals surface area contributed by atoms with Gasteiger partial charge in [0.2, 0.25) is 5.91 Å². The van der Waals surface area contributed by atoms with Crippen LogP contribution in [0.25, 0.3) is 10.9 Å². The van der Waals surface area contributed by atoms with E-state index in [-0.39, 0.29) is 18.5 Å². The highest BCUT2D eigenvalue weighted by molar-refractivity contribution is 6.22. The number of benzene rings is 2. The van der Waals surface area contributed by atoms with Crippen LogP contribution in [0.15, 0.2) is 54.7 Å². The summed E-state index contributed by atoms with van der Waals surface area (Å²) in [6.07, 6.45) is 2.08. The molecule has 0 fully saturated rings. The van der Waals surface area contributed by atoms with E-state index in [1.54, 1.807) is 24.3 Å². The molecule has 2 heterocycles. The van der Waals surface area contributed by atoms with E-state index in [2.05, 4.69) is 28.2 Å². The second kappa shape index (κ2) is 7.76. The van der Waals surface area contributed by atoms with Crippen LogP contribution in [-0.2, 0) is 11.8 Å². The normalized spacial score (nSPS) is 14.5. The van der Waals surface area contributed by atoms with E-state index in [1.807, 2.05) is 38.2 Å². The maximum absolute atomic E-state index is 12.6. The van der Waals surface area contributed by atoms with E-state index in [9.17, 15) is 14.4 Å². The molecule has 4 rings (SSSR count). The van der Waals surface area contributed by atoms with Gasteiger partial charge in [0.05, 0.1) is 17.2 Å². The zero-order valence-corrected chi connectivity index (χ0v) is 17.3. The van der Waals surface area contributed by atoms with Crippen LogP contribution in [0.2, 0.25) is 0 Å². The number of nitrogens with one attached hydrogen (secondary N) is 1. The molecule has 1 aliphatic heterocycles. The third-order valence-corrected chi connectivity index (χ3v) is 5.58. The van der Waals surface area contributed by atoms with Gasteiger partial charge in [-0.1, -0.05) is 30.3 Å². The molecular formula is C23H24N4O3. The summed E-state index contributed by atoms with van der Waals surface area (Å²) in [6, 6.07) is 14.7. The minimum atomic E-state index is -0.427. The van der Waals surface area contributed by atoms with Gasteiger partial charge < -0.3 is 14.8 Å². The molecule has 30 heavy (non-hydrogen) atoms. The molecule has 1 N–H and O–H groups in total. The van der Waals surface area contributed by atoms with Crippen LogP contribution in [0.5, 0.6) is 0 Å². The lowest BCUT2D eigenvalue weighted by molar-refractivity contribution is -0.121. The van der Waals surface area contributed by atoms with Crippen molar-refractivity contribution in [3.63, 3.8) is 0 Å². The first-order valence-electron chi connectivity index (χ1n) is 9.80. The van der Waals surface area contributed by atoms with Crippen LogP contribution in [0.3, 0.4) is 0 Å². The number of aromatic nitrogens is 1. The number of amides is 3. The Labute approximate surface area is 174 Å². The molecule has 0 spiro atoms. The van der Waals surface area contributed by atoms with E-state index >= 15 is 0 Å². The molecule has 154 valence electrons. The minimum absolute atomic E-state index is 0.0535. The predicted octanol–water partition coefficient (Wildman–Crippen LogP) is 2.19. The third-order valence-electron chi connectivity index (χ3n) is 5.58. The molecule has 3 amide bonds. The van der Waals surface area contributed by atoms with Gasteiger partial charge in [0, 0.05) is 30.7 Å². The Morgan fingerprint density at radius 3 is 2.23 bits per heavy atom. The summed E-state index contributed by atoms with van der Waals surface area (Å²) >= 11 is 0. The molecule has 0 aliphatic carbocycles. The Morgan fingerprint density at radius 2 is 1.60 bits per heavy atom. The molecule has 1 unspecified atom stereocenters. The molecule has 0 saturated carbocycles. The number of aryl methyl sites for hydroxylation is 1. The number of carbonyl (C=O) groups is 3. The van der Waals surface area contributed by atoms with Crippen LogP contribution in [0.1, 0.15) is 32.3 Å². The number of imide groups is 1. The Kier molecular flexibility index (Phi) is 5.13. The zero-order valence-electron chi connectivity index (χ0n) is 17.3. The first-order chi connectivity index (χ1) is 14.4. The fraction of sp³-hybridized carbons (Fsp3) is 0.261. The second-order valence-electron chi connectivity index (χ2n) is 7.74. The summed E-state index contributed by atoms with van der Waals surface area (Å²) in [5.41, 5.74) is 2.92. The van der Waals surface area contributed by atoms with Gasteiger partial charge in [0.15, 0.2) is 0 Å². The predicted molar refractivity (Wildman–Crippen MR) is 114 cm³/mol. The van der Waals surface area contributed by atoms with Gasteiger partial charge in [-0.15, -0.1) is 0 Å². The summed E-state index contributed by atoms with van der Waals surface area (Å²) in [6.45, 7) is 0.0744. The van der Waals surface area contributed by atoms with Gasteiger partial charge in [-0.2, -0.15) is 0 Å². The van der Waals surface area contributed by atoms with Crippen LogP contribution in [0.4, 0.5) is 0 Å². The molecule has 1 aromatic heterocycles.